The highest BCUT2D eigenvalue weighted by atomic mass is 28.3. The number of anilines is 1. The molecule has 36 heavy (non-hydrogen) atoms. The fourth-order valence-electron chi connectivity index (χ4n) is 4.73. The second kappa shape index (κ2) is 12.6. The van der Waals surface area contributed by atoms with Crippen molar-refractivity contribution in [2.45, 2.75) is 64.3 Å². The maximum Gasteiger partial charge on any atom is 0.143 e. The third-order valence-electron chi connectivity index (χ3n) is 6.85. The molecule has 3 aromatic rings. The van der Waals surface area contributed by atoms with Crippen LogP contribution < -0.4 is 5.32 Å². The van der Waals surface area contributed by atoms with E-state index in [2.05, 4.69) is 77.0 Å². The van der Waals surface area contributed by atoms with Crippen LogP contribution in [0.2, 0.25) is 25.7 Å². The highest BCUT2D eigenvalue weighted by Gasteiger charge is 2.20. The van der Waals surface area contributed by atoms with Crippen LogP contribution in [0, 0.1) is 0 Å². The molecule has 0 bridgehead atoms. The standard InChI is InChI=1S/C29H42N4O2Si/c1-34-18-14-25-21-30-29-27(13-17-33(29)23-35-19-20-36(2,3)4)28(25)31-26-11-8-15-32(16-12-26)22-24-9-6-5-7-10-24/h5-7,9-10,13-14,17-18,21,26H,8,11-12,15-16,19-20,22-23H2,1-4H3,(H,30,31). The number of aromatic nitrogens is 2. The molecule has 1 atom stereocenters. The summed E-state index contributed by atoms with van der Waals surface area (Å²) in [6.45, 7) is 11.7. The van der Waals surface area contributed by atoms with Gasteiger partial charge in [-0.2, -0.15) is 0 Å². The number of nitrogens with zero attached hydrogens (tertiary/aromatic N) is 3. The Morgan fingerprint density at radius 2 is 1.94 bits per heavy atom. The zero-order valence-corrected chi connectivity index (χ0v) is 23.4. The SMILES string of the molecule is COC=Cc1cnc2c(ccn2COCC[Si](C)(C)C)c1NC1CCCN(Cc2ccccc2)CC1. The molecule has 0 spiro atoms. The van der Waals surface area contributed by atoms with Gasteiger partial charge in [-0.1, -0.05) is 50.0 Å². The Kier molecular flexibility index (Phi) is 9.23. The number of pyridine rings is 1. The number of likely N-dealkylation sites (tertiary alicyclic amines) is 1. The molecule has 4 rings (SSSR count). The van der Waals surface area contributed by atoms with E-state index in [1.54, 1.807) is 13.4 Å². The monoisotopic (exact) mass is 506 g/mol. The lowest BCUT2D eigenvalue weighted by Gasteiger charge is -2.22. The normalized spacial score (nSPS) is 17.5. The highest BCUT2D eigenvalue weighted by molar-refractivity contribution is 6.76. The summed E-state index contributed by atoms with van der Waals surface area (Å²) < 4.78 is 13.4. The van der Waals surface area contributed by atoms with Crippen molar-refractivity contribution < 1.29 is 9.47 Å². The van der Waals surface area contributed by atoms with Crippen molar-refractivity contribution in [2.75, 3.05) is 32.1 Å². The second-order valence-electron chi connectivity index (χ2n) is 11.0. The molecule has 0 amide bonds. The topological polar surface area (TPSA) is 51.6 Å². The Labute approximate surface area is 217 Å². The van der Waals surface area contributed by atoms with E-state index in [9.17, 15) is 0 Å². The number of benzene rings is 1. The number of hydrogen-bond donors (Lipinski definition) is 1. The van der Waals surface area contributed by atoms with E-state index in [0.717, 1.165) is 61.4 Å². The molecule has 0 aliphatic carbocycles. The van der Waals surface area contributed by atoms with Crippen molar-refractivity contribution in [3.63, 3.8) is 0 Å². The van der Waals surface area contributed by atoms with E-state index >= 15 is 0 Å². The summed E-state index contributed by atoms with van der Waals surface area (Å²) in [5, 5.41) is 5.04. The molecule has 6 nitrogen and oxygen atoms in total. The maximum atomic E-state index is 6.02. The van der Waals surface area contributed by atoms with Crippen molar-refractivity contribution in [2.24, 2.45) is 0 Å². The van der Waals surface area contributed by atoms with Gasteiger partial charge >= 0.3 is 0 Å². The lowest BCUT2D eigenvalue weighted by Crippen LogP contribution is -2.26. The Hall–Kier alpha value is -2.61. The minimum absolute atomic E-state index is 0.419. The van der Waals surface area contributed by atoms with Gasteiger partial charge in [0.05, 0.1) is 19.1 Å². The van der Waals surface area contributed by atoms with Gasteiger partial charge in [0.1, 0.15) is 12.4 Å². The average molecular weight is 507 g/mol. The smallest absolute Gasteiger partial charge is 0.143 e. The first kappa shape index (κ1) is 26.4. The third-order valence-corrected chi connectivity index (χ3v) is 8.55. The summed E-state index contributed by atoms with van der Waals surface area (Å²) in [6, 6.07) is 14.5. The molecule has 7 heteroatoms. The maximum absolute atomic E-state index is 6.02. The number of fused-ring (bicyclic) bond motifs is 1. The Balaban J connectivity index is 1.47. The van der Waals surface area contributed by atoms with E-state index in [1.165, 1.54) is 18.0 Å². The van der Waals surface area contributed by atoms with E-state index in [-0.39, 0.29) is 0 Å². The number of methoxy groups -OCH3 is 1. The fourth-order valence-corrected chi connectivity index (χ4v) is 5.49. The molecule has 1 unspecified atom stereocenters. The molecule has 0 radical (unpaired) electrons. The summed E-state index contributed by atoms with van der Waals surface area (Å²) in [7, 11) is 0.576. The summed E-state index contributed by atoms with van der Waals surface area (Å²) in [5.41, 5.74) is 4.53. The molecule has 0 saturated carbocycles. The summed E-state index contributed by atoms with van der Waals surface area (Å²) in [5.74, 6) is 0. The van der Waals surface area contributed by atoms with Crippen LogP contribution in [0.15, 0.2) is 55.1 Å². The average Bonchev–Trinajstić information content (AvgIpc) is 3.14. The van der Waals surface area contributed by atoms with E-state index < -0.39 is 8.07 Å². The Morgan fingerprint density at radius 1 is 1.11 bits per heavy atom. The van der Waals surface area contributed by atoms with Crippen molar-refractivity contribution >= 4 is 30.9 Å². The predicted molar refractivity (Wildman–Crippen MR) is 153 cm³/mol. The second-order valence-corrected chi connectivity index (χ2v) is 16.7. The molecule has 2 aromatic heterocycles. The van der Waals surface area contributed by atoms with Crippen molar-refractivity contribution in [3.05, 3.63) is 66.2 Å². The quantitative estimate of drug-likeness (QED) is 0.184. The van der Waals surface area contributed by atoms with E-state index in [0.29, 0.717) is 12.8 Å². The fraction of sp³-hybridized carbons (Fsp3) is 0.483. The molecule has 1 aliphatic rings. The van der Waals surface area contributed by atoms with Gasteiger partial charge in [0.15, 0.2) is 0 Å². The molecule has 1 saturated heterocycles. The van der Waals surface area contributed by atoms with Crippen LogP contribution in [-0.2, 0) is 22.7 Å². The highest BCUT2D eigenvalue weighted by Crippen LogP contribution is 2.30. The van der Waals surface area contributed by atoms with Crippen LogP contribution in [0.5, 0.6) is 0 Å². The molecule has 1 aromatic carbocycles. The van der Waals surface area contributed by atoms with Gasteiger partial charge in [-0.3, -0.25) is 4.90 Å². The van der Waals surface area contributed by atoms with Crippen molar-refractivity contribution in [3.8, 4) is 0 Å². The van der Waals surface area contributed by atoms with Crippen molar-refractivity contribution in [1.82, 2.24) is 14.5 Å². The molecule has 1 aliphatic heterocycles. The number of rotatable bonds is 11. The molecular formula is C29H42N4O2Si. The minimum Gasteiger partial charge on any atom is -0.504 e. The first-order chi connectivity index (χ1) is 17.4. The minimum atomic E-state index is -1.10. The summed E-state index contributed by atoms with van der Waals surface area (Å²) in [6.07, 6.45) is 11.2. The lowest BCUT2D eigenvalue weighted by molar-refractivity contribution is 0.0899. The van der Waals surface area contributed by atoms with Crippen LogP contribution in [0.25, 0.3) is 17.1 Å². The summed E-state index contributed by atoms with van der Waals surface area (Å²) >= 11 is 0. The molecule has 3 heterocycles. The number of hydrogen-bond acceptors (Lipinski definition) is 5. The van der Waals surface area contributed by atoms with Gasteiger partial charge in [-0.25, -0.2) is 4.98 Å². The zero-order valence-electron chi connectivity index (χ0n) is 22.4. The predicted octanol–water partition coefficient (Wildman–Crippen LogP) is 6.43. The van der Waals surface area contributed by atoms with Gasteiger partial charge in [0.2, 0.25) is 0 Å². The molecular weight excluding hydrogens is 464 g/mol. The Bertz CT molecular complexity index is 1120. The number of nitrogens with one attached hydrogen (secondary N) is 1. The van der Waals surface area contributed by atoms with Crippen molar-refractivity contribution in [1.29, 1.82) is 0 Å². The largest absolute Gasteiger partial charge is 0.504 e. The van der Waals surface area contributed by atoms with Crippen LogP contribution in [-0.4, -0.2) is 55.4 Å². The van der Waals surface area contributed by atoms with Gasteiger partial charge in [0, 0.05) is 57.2 Å². The Morgan fingerprint density at radius 3 is 2.72 bits per heavy atom. The van der Waals surface area contributed by atoms with E-state index in [4.69, 9.17) is 14.5 Å². The molecule has 194 valence electrons. The third kappa shape index (κ3) is 7.45. The van der Waals surface area contributed by atoms with E-state index in [1.807, 2.05) is 12.3 Å². The van der Waals surface area contributed by atoms with Crippen LogP contribution >= 0.6 is 0 Å². The molecule has 1 fully saturated rings. The summed E-state index contributed by atoms with van der Waals surface area (Å²) in [4.78, 5) is 7.37. The lowest BCUT2D eigenvalue weighted by atomic mass is 10.1. The number of ether oxygens (including phenoxy) is 2. The zero-order chi connectivity index (χ0) is 25.4. The van der Waals surface area contributed by atoms with Gasteiger partial charge in [0.25, 0.3) is 0 Å². The van der Waals surface area contributed by atoms with Gasteiger partial charge < -0.3 is 19.4 Å². The van der Waals surface area contributed by atoms with Crippen LogP contribution in [0.3, 0.4) is 0 Å². The van der Waals surface area contributed by atoms with Crippen LogP contribution in [0.1, 0.15) is 30.4 Å². The first-order valence-electron chi connectivity index (χ1n) is 13.2. The van der Waals surface area contributed by atoms with Gasteiger partial charge in [-0.05, 0) is 49.6 Å². The van der Waals surface area contributed by atoms with Crippen LogP contribution in [0.4, 0.5) is 5.69 Å². The van der Waals surface area contributed by atoms with Gasteiger partial charge in [-0.15, -0.1) is 0 Å². The molecule has 1 N–H and O–H groups in total. The first-order valence-corrected chi connectivity index (χ1v) is 16.9.